The summed E-state index contributed by atoms with van der Waals surface area (Å²) in [5, 5.41) is 18.8. The second kappa shape index (κ2) is 18.2. The first-order chi connectivity index (χ1) is 24.0. The zero-order valence-electron chi connectivity index (χ0n) is 29.7. The lowest BCUT2D eigenvalue weighted by atomic mass is 9.86. The number of aromatic amines is 1. The van der Waals surface area contributed by atoms with E-state index in [1.165, 1.54) is 38.2 Å². The molecule has 282 valence electrons. The maximum atomic E-state index is 13.5. The predicted molar refractivity (Wildman–Crippen MR) is 182 cm³/mol. The second-order valence-corrected chi connectivity index (χ2v) is 13.4. The molecule has 10 N–H and O–H groups in total. The monoisotopic (exact) mass is 717 g/mol. The van der Waals surface area contributed by atoms with E-state index in [1.54, 1.807) is 13.8 Å². The summed E-state index contributed by atoms with van der Waals surface area (Å²) in [6.07, 6.45) is 4.29. The van der Waals surface area contributed by atoms with Crippen LogP contribution in [-0.4, -0.2) is 124 Å². The third-order valence-corrected chi connectivity index (χ3v) is 8.99. The van der Waals surface area contributed by atoms with Crippen molar-refractivity contribution >= 4 is 47.3 Å². The minimum Gasteiger partial charge on any atom is -0.368 e. The third-order valence-electron chi connectivity index (χ3n) is 8.99. The van der Waals surface area contributed by atoms with Crippen molar-refractivity contribution in [1.82, 2.24) is 52.1 Å². The first-order valence-corrected chi connectivity index (χ1v) is 17.1. The van der Waals surface area contributed by atoms with Gasteiger partial charge < -0.3 is 52.8 Å². The highest BCUT2D eigenvalue weighted by Gasteiger charge is 2.45. The van der Waals surface area contributed by atoms with Gasteiger partial charge in [-0.3, -0.25) is 38.4 Å². The highest BCUT2D eigenvalue weighted by molar-refractivity contribution is 5.98. The summed E-state index contributed by atoms with van der Waals surface area (Å²) >= 11 is 0. The van der Waals surface area contributed by atoms with Crippen molar-refractivity contribution in [3.8, 4) is 0 Å². The topological polar surface area (TPSA) is 279 Å². The van der Waals surface area contributed by atoms with Crippen LogP contribution in [0.5, 0.6) is 0 Å². The van der Waals surface area contributed by atoms with Crippen LogP contribution >= 0.6 is 0 Å². The Morgan fingerprint density at radius 2 is 1.63 bits per heavy atom. The number of primary amides is 1. The molecule has 0 unspecified atom stereocenters. The fourth-order valence-electron chi connectivity index (χ4n) is 5.96. The molecule has 0 saturated carbocycles. The molecule has 0 bridgehead atoms. The van der Waals surface area contributed by atoms with E-state index >= 15 is 0 Å². The largest absolute Gasteiger partial charge is 0.368 e. The van der Waals surface area contributed by atoms with Crippen LogP contribution in [0.15, 0.2) is 12.5 Å². The van der Waals surface area contributed by atoms with Crippen molar-refractivity contribution in [3.05, 3.63) is 18.2 Å². The van der Waals surface area contributed by atoms with Crippen molar-refractivity contribution in [2.45, 2.75) is 102 Å². The Hall–Kier alpha value is -5.07. The SMILES string of the molecule is CC(=O)N[C@H](C(=O)N[C@@H](Cc1cnc[nH]1)C(=O)N[C@@H](C)C(=O)NCC(=O)N1CCC[C@H]1C(=O)NC1(C(=O)N[C@H](C)C(N)=O)CCNCC1)C(C)C. The molecule has 0 aliphatic carbocycles. The number of likely N-dealkylation sites (tertiary alicyclic amines) is 1. The first-order valence-electron chi connectivity index (χ1n) is 17.1. The number of imidazole rings is 1. The van der Waals surface area contributed by atoms with Crippen molar-refractivity contribution < 1.29 is 38.4 Å². The zero-order chi connectivity index (χ0) is 37.9. The number of rotatable bonds is 16. The van der Waals surface area contributed by atoms with Crippen LogP contribution in [-0.2, 0) is 44.8 Å². The van der Waals surface area contributed by atoms with Crippen molar-refractivity contribution in [2.75, 3.05) is 26.2 Å². The maximum absolute atomic E-state index is 13.5. The molecule has 19 heteroatoms. The van der Waals surface area contributed by atoms with Crippen LogP contribution in [0.4, 0.5) is 0 Å². The molecule has 2 fully saturated rings. The van der Waals surface area contributed by atoms with Crippen LogP contribution in [0.1, 0.15) is 66.0 Å². The fourth-order valence-corrected chi connectivity index (χ4v) is 5.96. The highest BCUT2D eigenvalue weighted by Crippen LogP contribution is 2.23. The first kappa shape index (κ1) is 40.4. The normalized spacial score (nSPS) is 19.1. The van der Waals surface area contributed by atoms with Crippen molar-refractivity contribution in [1.29, 1.82) is 0 Å². The lowest BCUT2D eigenvalue weighted by Gasteiger charge is -2.39. The number of nitrogens with one attached hydrogen (secondary N) is 8. The molecule has 0 radical (unpaired) electrons. The fraction of sp³-hybridized carbons (Fsp3) is 0.656. The van der Waals surface area contributed by atoms with Gasteiger partial charge in [-0.05, 0) is 58.5 Å². The quantitative estimate of drug-likeness (QED) is 0.0812. The van der Waals surface area contributed by atoms with Crippen molar-refractivity contribution in [2.24, 2.45) is 11.7 Å². The average molecular weight is 718 g/mol. The number of nitrogens with two attached hydrogens (primary N) is 1. The number of hydrogen-bond donors (Lipinski definition) is 9. The van der Waals surface area contributed by atoms with Crippen LogP contribution in [0.2, 0.25) is 0 Å². The van der Waals surface area contributed by atoms with E-state index in [-0.39, 0.29) is 31.7 Å². The summed E-state index contributed by atoms with van der Waals surface area (Å²) in [6.45, 7) is 8.31. The molecule has 5 atom stereocenters. The number of H-pyrrole nitrogens is 1. The van der Waals surface area contributed by atoms with Crippen LogP contribution in [0.25, 0.3) is 0 Å². The number of carbonyl (C=O) groups is 8. The number of piperidine rings is 1. The standard InChI is InChI=1S/C32H51N11O8/c1-17(2)25(40-20(5)44)30(50)41-22(13-21-14-35-16-37-21)28(48)38-19(4)27(47)36-15-24(45)43-12-6-7-23(43)29(49)42-32(8-10-34-11-9-32)31(51)39-18(3)26(33)46/h14,16-19,22-23,25,34H,6-13,15H2,1-5H3,(H2,33,46)(H,35,37)(H,36,47)(H,38,48)(H,39,51)(H,40,44)(H,41,50)(H,42,49)/t18-,19+,22+,23+,25+/m1/s1. The smallest absolute Gasteiger partial charge is 0.246 e. The summed E-state index contributed by atoms with van der Waals surface area (Å²) in [5.41, 5.74) is 4.54. The molecule has 2 saturated heterocycles. The minimum absolute atomic E-state index is 0.0112. The molecule has 0 spiro atoms. The van der Waals surface area contributed by atoms with Gasteiger partial charge in [0, 0.05) is 31.8 Å². The van der Waals surface area contributed by atoms with E-state index in [0.29, 0.717) is 31.6 Å². The molecular formula is C32H51N11O8. The molecule has 51 heavy (non-hydrogen) atoms. The maximum Gasteiger partial charge on any atom is 0.246 e. The Kier molecular flexibility index (Phi) is 14.4. The molecule has 1 aromatic rings. The Balaban J connectivity index is 1.60. The molecule has 19 nitrogen and oxygen atoms in total. The number of nitrogens with zero attached hydrogens (tertiary/aromatic N) is 2. The average Bonchev–Trinajstić information content (AvgIpc) is 3.78. The van der Waals surface area contributed by atoms with Gasteiger partial charge in [-0.25, -0.2) is 4.98 Å². The van der Waals surface area contributed by atoms with E-state index in [4.69, 9.17) is 5.73 Å². The number of amides is 8. The summed E-state index contributed by atoms with van der Waals surface area (Å²) < 4.78 is 0. The molecule has 2 aliphatic rings. The van der Waals surface area contributed by atoms with Gasteiger partial charge in [-0.2, -0.15) is 0 Å². The Labute approximate surface area is 296 Å². The lowest BCUT2D eigenvalue weighted by Crippen LogP contribution is -2.66. The van der Waals surface area contributed by atoms with Gasteiger partial charge in [-0.15, -0.1) is 0 Å². The van der Waals surface area contributed by atoms with Crippen LogP contribution in [0, 0.1) is 5.92 Å². The predicted octanol–water partition coefficient (Wildman–Crippen LogP) is -3.56. The van der Waals surface area contributed by atoms with E-state index in [1.807, 2.05) is 0 Å². The van der Waals surface area contributed by atoms with Gasteiger partial charge >= 0.3 is 0 Å². The van der Waals surface area contributed by atoms with Gasteiger partial charge in [0.25, 0.3) is 0 Å². The van der Waals surface area contributed by atoms with Gasteiger partial charge in [0.15, 0.2) is 0 Å². The minimum atomic E-state index is -1.31. The number of carbonyl (C=O) groups excluding carboxylic acids is 8. The summed E-state index contributed by atoms with van der Waals surface area (Å²) in [5.74, 6) is -4.97. The van der Waals surface area contributed by atoms with E-state index in [0.717, 1.165) is 0 Å². The van der Waals surface area contributed by atoms with Gasteiger partial charge in [-0.1, -0.05) is 13.8 Å². The van der Waals surface area contributed by atoms with Crippen molar-refractivity contribution in [3.63, 3.8) is 0 Å². The Bertz CT molecular complexity index is 1440. The lowest BCUT2D eigenvalue weighted by molar-refractivity contribution is -0.142. The molecule has 2 aliphatic heterocycles. The zero-order valence-corrected chi connectivity index (χ0v) is 29.7. The summed E-state index contributed by atoms with van der Waals surface area (Å²) in [6, 6.07) is -5.01. The molecular weight excluding hydrogens is 666 g/mol. The van der Waals surface area contributed by atoms with Gasteiger partial charge in [0.1, 0.15) is 35.7 Å². The Morgan fingerprint density at radius 3 is 2.22 bits per heavy atom. The third kappa shape index (κ3) is 11.2. The molecule has 8 amide bonds. The molecule has 1 aromatic heterocycles. The number of aromatic nitrogens is 2. The highest BCUT2D eigenvalue weighted by atomic mass is 16.2. The van der Waals surface area contributed by atoms with E-state index < -0.39 is 89.6 Å². The molecule has 3 rings (SSSR count). The summed E-state index contributed by atoms with van der Waals surface area (Å²) in [4.78, 5) is 111. The van der Waals surface area contributed by atoms with E-state index in [2.05, 4.69) is 47.2 Å². The molecule has 0 aromatic carbocycles. The summed E-state index contributed by atoms with van der Waals surface area (Å²) in [7, 11) is 0. The van der Waals surface area contributed by atoms with E-state index in [9.17, 15) is 38.4 Å². The Morgan fingerprint density at radius 1 is 0.941 bits per heavy atom. The number of hydrogen-bond acceptors (Lipinski definition) is 10. The van der Waals surface area contributed by atoms with Gasteiger partial charge in [0.2, 0.25) is 47.3 Å². The van der Waals surface area contributed by atoms with Crippen LogP contribution < -0.4 is 43.0 Å². The van der Waals surface area contributed by atoms with Crippen LogP contribution in [0.3, 0.4) is 0 Å². The molecule has 3 heterocycles. The second-order valence-electron chi connectivity index (χ2n) is 13.4. The van der Waals surface area contributed by atoms with Gasteiger partial charge in [0.05, 0.1) is 12.9 Å².